The van der Waals surface area contributed by atoms with Crippen molar-refractivity contribution in [2.45, 2.75) is 40.7 Å². The second-order valence-electron chi connectivity index (χ2n) is 15.4. The van der Waals surface area contributed by atoms with Gasteiger partial charge in [0.25, 0.3) is 0 Å². The standard InChI is InChI=1S/C40H28N4.C7H9N.C7H8.C3H8.CH3N/c1-27-14-13-21-31(24-27)42-35-23-12-11-22-32(35)33-25-37-34(26-36(33)42)38-40(43(37)29-17-7-3-8-18-29)41-39(28-15-5-2-6-16-28)44(38)30-19-9-4-10-20-30;8-6-7-4-2-1-3-5-7;1-7-5-3-2-4-6-7;1-3-2;1-2/h2-26H,1H3;1-5H,6,8H2;2-6H,1H3;3H2,1-2H3;2H,1H2. The van der Waals surface area contributed by atoms with Gasteiger partial charge in [-0.15, -0.1) is 0 Å². The molecule has 8 aromatic carbocycles. The van der Waals surface area contributed by atoms with Gasteiger partial charge in [0.1, 0.15) is 11.3 Å². The van der Waals surface area contributed by atoms with Crippen LogP contribution in [-0.4, -0.2) is 25.4 Å². The summed E-state index contributed by atoms with van der Waals surface area (Å²) in [6, 6.07) is 74.2. The number of hydrogen-bond acceptors (Lipinski definition) is 3. The minimum atomic E-state index is 0.640. The molecule has 0 radical (unpaired) electrons. The van der Waals surface area contributed by atoms with Crippen LogP contribution in [0.25, 0.3) is 72.3 Å². The molecule has 64 heavy (non-hydrogen) atoms. The topological polar surface area (TPSA) is 77.5 Å². The van der Waals surface area contributed by atoms with Crippen molar-refractivity contribution in [2.75, 3.05) is 0 Å². The highest BCUT2D eigenvalue weighted by Gasteiger charge is 2.25. The molecule has 6 nitrogen and oxygen atoms in total. The molecule has 3 aromatic heterocycles. The number of rotatable bonds is 5. The third-order valence-electron chi connectivity index (χ3n) is 10.7. The molecule has 0 saturated heterocycles. The fourth-order valence-electron chi connectivity index (χ4n) is 7.94. The lowest BCUT2D eigenvalue weighted by atomic mass is 10.1. The van der Waals surface area contributed by atoms with Gasteiger partial charge >= 0.3 is 0 Å². The smallest absolute Gasteiger partial charge is 0.165 e. The fourth-order valence-corrected chi connectivity index (χ4v) is 7.94. The summed E-state index contributed by atoms with van der Waals surface area (Å²) in [5.74, 6) is 0.924. The zero-order valence-corrected chi connectivity index (χ0v) is 37.2. The van der Waals surface area contributed by atoms with Crippen LogP contribution < -0.4 is 5.73 Å². The number of aromatic nitrogens is 4. The van der Waals surface area contributed by atoms with Crippen LogP contribution in [0.1, 0.15) is 37.0 Å². The van der Waals surface area contributed by atoms with Crippen molar-refractivity contribution in [2.24, 2.45) is 5.73 Å². The number of nitrogens with one attached hydrogen (secondary N) is 1. The van der Waals surface area contributed by atoms with Crippen molar-refractivity contribution in [3.8, 4) is 28.5 Å². The first-order chi connectivity index (χ1) is 31.5. The molecule has 0 atom stereocenters. The Morgan fingerprint density at radius 2 is 0.922 bits per heavy atom. The van der Waals surface area contributed by atoms with Gasteiger partial charge in [-0.3, -0.25) is 9.13 Å². The van der Waals surface area contributed by atoms with E-state index < -0.39 is 0 Å². The Balaban J connectivity index is 0.000000255. The number of hydrogen-bond donors (Lipinski definition) is 2. The molecule has 11 rings (SSSR count). The molecule has 3 heterocycles. The van der Waals surface area contributed by atoms with Gasteiger partial charge < -0.3 is 15.7 Å². The lowest BCUT2D eigenvalue weighted by Gasteiger charge is -2.11. The summed E-state index contributed by atoms with van der Waals surface area (Å²) in [6.45, 7) is 11.6. The zero-order valence-electron chi connectivity index (χ0n) is 37.2. The average Bonchev–Trinajstić information content (AvgIpc) is 4.00. The molecule has 0 saturated carbocycles. The Morgan fingerprint density at radius 1 is 0.453 bits per heavy atom. The van der Waals surface area contributed by atoms with Crippen LogP contribution in [-0.2, 0) is 6.54 Å². The first-order valence-corrected chi connectivity index (χ1v) is 21.8. The maximum Gasteiger partial charge on any atom is 0.165 e. The van der Waals surface area contributed by atoms with Crippen molar-refractivity contribution in [3.63, 3.8) is 0 Å². The quantitative estimate of drug-likeness (QED) is 0.169. The molecular formula is C58H56N6. The van der Waals surface area contributed by atoms with Crippen LogP contribution in [0.15, 0.2) is 212 Å². The number of para-hydroxylation sites is 3. The van der Waals surface area contributed by atoms with Crippen LogP contribution in [0, 0.1) is 19.3 Å². The van der Waals surface area contributed by atoms with E-state index in [2.05, 4.69) is 212 Å². The molecule has 0 bridgehead atoms. The predicted octanol–water partition coefficient (Wildman–Crippen LogP) is 14.9. The molecular weight excluding hydrogens is 781 g/mol. The Hall–Kier alpha value is -7.80. The highest BCUT2D eigenvalue weighted by Crippen LogP contribution is 2.42. The van der Waals surface area contributed by atoms with Crippen molar-refractivity contribution >= 4 is 50.6 Å². The number of nitrogens with two attached hydrogens (primary N) is 1. The Bertz CT molecular complexity index is 3170. The van der Waals surface area contributed by atoms with Crippen LogP contribution in [0.3, 0.4) is 0 Å². The van der Waals surface area contributed by atoms with Gasteiger partial charge in [0.05, 0.1) is 16.6 Å². The highest BCUT2D eigenvalue weighted by molar-refractivity contribution is 6.18. The first kappa shape index (κ1) is 44.3. The van der Waals surface area contributed by atoms with E-state index in [1.807, 2.05) is 48.5 Å². The normalized spacial score (nSPS) is 10.5. The van der Waals surface area contributed by atoms with Gasteiger partial charge in [-0.05, 0) is 86.3 Å². The summed E-state index contributed by atoms with van der Waals surface area (Å²) in [7, 11) is 0. The second-order valence-corrected chi connectivity index (χ2v) is 15.4. The van der Waals surface area contributed by atoms with Crippen molar-refractivity contribution in [1.29, 1.82) is 5.41 Å². The first-order valence-electron chi connectivity index (χ1n) is 21.8. The van der Waals surface area contributed by atoms with E-state index in [1.54, 1.807) is 0 Å². The molecule has 0 unspecified atom stereocenters. The van der Waals surface area contributed by atoms with Crippen LogP contribution in [0.4, 0.5) is 0 Å². The van der Waals surface area contributed by atoms with E-state index in [0.29, 0.717) is 6.54 Å². The lowest BCUT2D eigenvalue weighted by molar-refractivity contribution is 1.07. The van der Waals surface area contributed by atoms with Gasteiger partial charge in [-0.25, -0.2) is 4.98 Å². The van der Waals surface area contributed by atoms with Crippen molar-refractivity contribution in [1.82, 2.24) is 18.7 Å². The zero-order chi connectivity index (χ0) is 44.8. The van der Waals surface area contributed by atoms with Gasteiger partial charge in [-0.2, -0.15) is 0 Å². The van der Waals surface area contributed by atoms with Gasteiger partial charge in [0.2, 0.25) is 0 Å². The maximum absolute atomic E-state index is 5.50. The molecule has 0 aliphatic heterocycles. The lowest BCUT2D eigenvalue weighted by Crippen LogP contribution is -1.98. The Morgan fingerprint density at radius 3 is 1.47 bits per heavy atom. The van der Waals surface area contributed by atoms with Crippen LogP contribution >= 0.6 is 0 Å². The van der Waals surface area contributed by atoms with Crippen molar-refractivity contribution in [3.05, 3.63) is 229 Å². The van der Waals surface area contributed by atoms with Crippen molar-refractivity contribution < 1.29 is 0 Å². The van der Waals surface area contributed by atoms with E-state index in [-0.39, 0.29) is 0 Å². The van der Waals surface area contributed by atoms with E-state index in [1.165, 1.54) is 44.9 Å². The summed E-state index contributed by atoms with van der Waals surface area (Å²) in [6.07, 6.45) is 1.25. The summed E-state index contributed by atoms with van der Waals surface area (Å²) in [5, 5.41) is 9.12. The molecule has 0 aliphatic rings. The molecule has 6 heteroatoms. The number of nitrogens with zero attached hydrogens (tertiary/aromatic N) is 4. The largest absolute Gasteiger partial charge is 0.326 e. The molecule has 0 spiro atoms. The third kappa shape index (κ3) is 9.48. The van der Waals surface area contributed by atoms with Crippen LogP contribution in [0.5, 0.6) is 0 Å². The summed E-state index contributed by atoms with van der Waals surface area (Å²) in [5.41, 5.74) is 19.1. The number of imidazole rings is 1. The third-order valence-corrected chi connectivity index (χ3v) is 10.7. The van der Waals surface area contributed by atoms with Gasteiger partial charge in [-0.1, -0.05) is 184 Å². The second kappa shape index (κ2) is 21.3. The minimum absolute atomic E-state index is 0.640. The molecule has 3 N–H and O–H groups in total. The molecule has 0 aliphatic carbocycles. The number of aryl methyl sites for hydroxylation is 2. The van der Waals surface area contributed by atoms with E-state index in [0.717, 1.165) is 50.5 Å². The van der Waals surface area contributed by atoms with E-state index >= 15 is 0 Å². The summed E-state index contributed by atoms with van der Waals surface area (Å²) >= 11 is 0. The van der Waals surface area contributed by atoms with Gasteiger partial charge in [0.15, 0.2) is 5.65 Å². The summed E-state index contributed by atoms with van der Waals surface area (Å²) in [4.78, 5) is 5.42. The number of benzene rings is 8. The van der Waals surface area contributed by atoms with E-state index in [4.69, 9.17) is 16.1 Å². The SMILES string of the molecule is C=N.CCC.Cc1cccc(-n2c3ccccc3c3cc4c(cc32)c2c(nc(-c3ccccc3)n2-c2ccccc2)n4-c2ccccc2)c1.Cc1ccccc1.NCc1ccccc1. The summed E-state index contributed by atoms with van der Waals surface area (Å²) < 4.78 is 7.07. The van der Waals surface area contributed by atoms with E-state index in [9.17, 15) is 0 Å². The van der Waals surface area contributed by atoms with Crippen LogP contribution in [0.2, 0.25) is 0 Å². The van der Waals surface area contributed by atoms with Gasteiger partial charge in [0, 0.05) is 45.3 Å². The Labute approximate surface area is 377 Å². The highest BCUT2D eigenvalue weighted by atomic mass is 15.2. The number of fused-ring (bicyclic) bond motifs is 6. The predicted molar refractivity (Wildman–Crippen MR) is 274 cm³/mol. The maximum atomic E-state index is 5.50. The fraction of sp³-hybridized carbons (Fsp3) is 0.103. The molecule has 318 valence electrons. The molecule has 0 amide bonds. The Kier molecular flexibility index (Phi) is 14.7. The monoisotopic (exact) mass is 836 g/mol. The molecule has 0 fully saturated rings. The molecule has 11 aromatic rings. The average molecular weight is 837 g/mol. The minimum Gasteiger partial charge on any atom is -0.326 e.